The number of alkyl halides is 1. The summed E-state index contributed by atoms with van der Waals surface area (Å²) in [6.07, 6.45) is 4.59. The summed E-state index contributed by atoms with van der Waals surface area (Å²) in [7, 11) is 0. The monoisotopic (exact) mass is 288 g/mol. The van der Waals surface area contributed by atoms with Crippen molar-refractivity contribution in [3.8, 4) is 0 Å². The predicted octanol–water partition coefficient (Wildman–Crippen LogP) is 5.09. The van der Waals surface area contributed by atoms with Crippen LogP contribution in [0.3, 0.4) is 0 Å². The van der Waals surface area contributed by atoms with Crippen molar-refractivity contribution in [2.45, 2.75) is 45.4 Å². The van der Waals surface area contributed by atoms with E-state index >= 15 is 0 Å². The van der Waals surface area contributed by atoms with Crippen molar-refractivity contribution in [2.24, 2.45) is 0 Å². The van der Waals surface area contributed by atoms with E-state index in [4.69, 9.17) is 11.6 Å². The zero-order chi connectivity index (χ0) is 11.3. The number of benzene rings is 1. The summed E-state index contributed by atoms with van der Waals surface area (Å²) in [5, 5.41) is 0. The number of hydrogen-bond donors (Lipinski definition) is 0. The Bertz CT molecular complexity index is 293. The topological polar surface area (TPSA) is 0 Å². The highest BCUT2D eigenvalue weighted by Gasteiger charge is 2.08. The largest absolute Gasteiger partial charge is 0.122 e. The fraction of sp³-hybridized carbons (Fsp3) is 0.538. The van der Waals surface area contributed by atoms with E-state index in [0.29, 0.717) is 5.88 Å². The van der Waals surface area contributed by atoms with Crippen molar-refractivity contribution in [1.29, 1.82) is 0 Å². The minimum Gasteiger partial charge on any atom is -0.122 e. The third-order valence-electron chi connectivity index (χ3n) is 2.57. The van der Waals surface area contributed by atoms with Crippen molar-refractivity contribution in [3.63, 3.8) is 0 Å². The third-order valence-corrected chi connectivity index (χ3v) is 3.30. The number of rotatable bonds is 5. The fourth-order valence-electron chi connectivity index (χ4n) is 1.91. The van der Waals surface area contributed by atoms with Crippen molar-refractivity contribution in [2.75, 3.05) is 0 Å². The van der Waals surface area contributed by atoms with Crippen LogP contribution in [0.4, 0.5) is 0 Å². The maximum absolute atomic E-state index is 6.05. The molecule has 1 aromatic rings. The molecule has 0 nitrogen and oxygen atoms in total. The van der Waals surface area contributed by atoms with Crippen LogP contribution in [0, 0.1) is 0 Å². The van der Waals surface area contributed by atoms with Gasteiger partial charge in [0.25, 0.3) is 0 Å². The molecule has 0 bridgehead atoms. The Morgan fingerprint density at radius 2 is 1.53 bits per heavy atom. The molecule has 0 aliphatic carbocycles. The fourth-order valence-corrected chi connectivity index (χ4v) is 2.81. The van der Waals surface area contributed by atoms with Crippen LogP contribution in [0.1, 0.15) is 43.4 Å². The Morgan fingerprint density at radius 1 is 1.07 bits per heavy atom. The molecule has 1 aromatic carbocycles. The first-order valence-electron chi connectivity index (χ1n) is 5.59. The quantitative estimate of drug-likeness (QED) is 0.662. The van der Waals surface area contributed by atoms with E-state index in [-0.39, 0.29) is 0 Å². The van der Waals surface area contributed by atoms with E-state index in [1.165, 1.54) is 34.0 Å². The summed E-state index contributed by atoms with van der Waals surface area (Å²) >= 11 is 9.62. The summed E-state index contributed by atoms with van der Waals surface area (Å²) < 4.78 is 1.18. The smallest absolute Gasteiger partial charge is 0.0479 e. The molecular formula is C13H18BrCl. The van der Waals surface area contributed by atoms with Gasteiger partial charge >= 0.3 is 0 Å². The number of hydrogen-bond acceptors (Lipinski definition) is 0. The second kappa shape index (κ2) is 6.55. The lowest BCUT2D eigenvalue weighted by atomic mass is 9.96. The van der Waals surface area contributed by atoms with Crippen LogP contribution in [0.5, 0.6) is 0 Å². The molecule has 1 rings (SSSR count). The second-order valence-corrected chi connectivity index (χ2v) is 5.02. The van der Waals surface area contributed by atoms with Crippen LogP contribution in [0.2, 0.25) is 0 Å². The van der Waals surface area contributed by atoms with Gasteiger partial charge in [0, 0.05) is 10.4 Å². The van der Waals surface area contributed by atoms with Gasteiger partial charge < -0.3 is 0 Å². The normalized spacial score (nSPS) is 10.7. The van der Waals surface area contributed by atoms with E-state index in [9.17, 15) is 0 Å². The molecule has 0 aliphatic heterocycles. The van der Waals surface area contributed by atoms with Crippen LogP contribution in [0.15, 0.2) is 16.6 Å². The molecule has 0 amide bonds. The Balaban J connectivity index is 3.12. The van der Waals surface area contributed by atoms with Crippen LogP contribution < -0.4 is 0 Å². The summed E-state index contributed by atoms with van der Waals surface area (Å²) in [4.78, 5) is 0. The average Bonchev–Trinajstić information content (AvgIpc) is 2.18. The summed E-state index contributed by atoms with van der Waals surface area (Å²) in [6, 6.07) is 4.42. The van der Waals surface area contributed by atoms with Gasteiger partial charge in [0.2, 0.25) is 0 Å². The van der Waals surface area contributed by atoms with Gasteiger partial charge in [-0.15, -0.1) is 11.6 Å². The molecule has 0 N–H and O–H groups in total. The van der Waals surface area contributed by atoms with Gasteiger partial charge in [-0.1, -0.05) is 42.6 Å². The lowest BCUT2D eigenvalue weighted by molar-refractivity contribution is 0.874. The van der Waals surface area contributed by atoms with E-state index in [1.807, 2.05) is 0 Å². The molecule has 0 saturated heterocycles. The lowest BCUT2D eigenvalue weighted by Gasteiger charge is -2.13. The van der Waals surface area contributed by atoms with Crippen molar-refractivity contribution in [3.05, 3.63) is 33.3 Å². The highest BCUT2D eigenvalue weighted by molar-refractivity contribution is 9.10. The van der Waals surface area contributed by atoms with Crippen LogP contribution in [0.25, 0.3) is 0 Å². The zero-order valence-corrected chi connectivity index (χ0v) is 11.8. The van der Waals surface area contributed by atoms with Gasteiger partial charge in [-0.3, -0.25) is 0 Å². The minimum atomic E-state index is 0.637. The molecule has 2 heteroatoms. The molecule has 0 aliphatic rings. The number of halogens is 2. The Kier molecular flexibility index (Phi) is 5.70. The predicted molar refractivity (Wildman–Crippen MR) is 71.7 cm³/mol. The molecule has 0 atom stereocenters. The first-order chi connectivity index (χ1) is 7.22. The second-order valence-electron chi connectivity index (χ2n) is 3.84. The summed E-state index contributed by atoms with van der Waals surface area (Å²) in [5.41, 5.74) is 4.17. The molecule has 0 aromatic heterocycles. The molecule has 0 radical (unpaired) electrons. The highest BCUT2D eigenvalue weighted by atomic mass is 79.9. The van der Waals surface area contributed by atoms with Gasteiger partial charge in [0.15, 0.2) is 0 Å². The Hall–Kier alpha value is -0.0100. The van der Waals surface area contributed by atoms with Crippen molar-refractivity contribution >= 4 is 27.5 Å². The maximum Gasteiger partial charge on any atom is 0.0479 e. The van der Waals surface area contributed by atoms with E-state index in [2.05, 4.69) is 41.9 Å². The van der Waals surface area contributed by atoms with Gasteiger partial charge in [-0.05, 0) is 41.7 Å². The van der Waals surface area contributed by atoms with E-state index in [1.54, 1.807) is 0 Å². The lowest BCUT2D eigenvalue weighted by Crippen LogP contribution is -1.98. The molecule has 15 heavy (non-hydrogen) atoms. The minimum absolute atomic E-state index is 0.637. The first kappa shape index (κ1) is 13.1. The standard InChI is InChI=1S/C13H18BrCl/c1-3-5-10-7-12(14)8-11(6-4-2)13(10)9-15/h7-8H,3-6,9H2,1-2H3. The zero-order valence-electron chi connectivity index (χ0n) is 9.45. The van der Waals surface area contributed by atoms with Gasteiger partial charge in [-0.2, -0.15) is 0 Å². The number of aryl methyl sites for hydroxylation is 2. The molecule has 0 heterocycles. The Labute approximate surface area is 106 Å². The average molecular weight is 290 g/mol. The van der Waals surface area contributed by atoms with Gasteiger partial charge in [0.1, 0.15) is 0 Å². The van der Waals surface area contributed by atoms with E-state index < -0.39 is 0 Å². The molecular weight excluding hydrogens is 271 g/mol. The summed E-state index contributed by atoms with van der Waals surface area (Å²) in [6.45, 7) is 4.41. The van der Waals surface area contributed by atoms with Crippen LogP contribution >= 0.6 is 27.5 Å². The van der Waals surface area contributed by atoms with Crippen molar-refractivity contribution < 1.29 is 0 Å². The third kappa shape index (κ3) is 3.49. The molecule has 0 fully saturated rings. The first-order valence-corrected chi connectivity index (χ1v) is 6.91. The van der Waals surface area contributed by atoms with E-state index in [0.717, 1.165) is 12.8 Å². The molecule has 0 saturated carbocycles. The molecule has 0 spiro atoms. The van der Waals surface area contributed by atoms with Gasteiger partial charge in [0.05, 0.1) is 0 Å². The van der Waals surface area contributed by atoms with Crippen LogP contribution in [-0.2, 0) is 18.7 Å². The molecule has 84 valence electrons. The van der Waals surface area contributed by atoms with Gasteiger partial charge in [-0.25, -0.2) is 0 Å². The van der Waals surface area contributed by atoms with Crippen LogP contribution in [-0.4, -0.2) is 0 Å². The highest BCUT2D eigenvalue weighted by Crippen LogP contribution is 2.25. The Morgan fingerprint density at radius 3 is 1.87 bits per heavy atom. The summed E-state index contributed by atoms with van der Waals surface area (Å²) in [5.74, 6) is 0.637. The SMILES string of the molecule is CCCc1cc(Br)cc(CCC)c1CCl. The van der Waals surface area contributed by atoms with Crippen molar-refractivity contribution in [1.82, 2.24) is 0 Å². The molecule has 0 unspecified atom stereocenters. The maximum atomic E-state index is 6.05.